The number of hydrogen-bond donors (Lipinski definition) is 1. The van der Waals surface area contributed by atoms with Crippen LogP contribution in [-0.2, 0) is 17.6 Å². The molecule has 0 bridgehead atoms. The second kappa shape index (κ2) is 4.23. The highest BCUT2D eigenvalue weighted by molar-refractivity contribution is 9.10. The molecule has 0 unspecified atom stereocenters. The van der Waals surface area contributed by atoms with Gasteiger partial charge in [0.15, 0.2) is 0 Å². The van der Waals surface area contributed by atoms with Gasteiger partial charge in [0.05, 0.1) is 11.1 Å². The van der Waals surface area contributed by atoms with E-state index in [0.29, 0.717) is 6.42 Å². The van der Waals surface area contributed by atoms with Gasteiger partial charge < -0.3 is 9.84 Å². The second-order valence-corrected chi connectivity index (χ2v) is 4.41. The number of aryl methyl sites for hydroxylation is 1. The highest BCUT2D eigenvalue weighted by atomic mass is 79.9. The summed E-state index contributed by atoms with van der Waals surface area (Å²) in [6, 6.07) is 3.98. The summed E-state index contributed by atoms with van der Waals surface area (Å²) in [4.78, 5) is 10.5. The van der Waals surface area contributed by atoms with Crippen LogP contribution < -0.4 is 4.74 Å². The Morgan fingerprint density at radius 2 is 2.33 bits per heavy atom. The summed E-state index contributed by atoms with van der Waals surface area (Å²) in [6.07, 6.45) is 1.65. The molecule has 1 heterocycles. The fraction of sp³-hybridized carbons (Fsp3) is 0.364. The maximum absolute atomic E-state index is 10.5. The molecular formula is C11H11BrO3. The number of fused-ring (bicyclic) bond motifs is 1. The van der Waals surface area contributed by atoms with Gasteiger partial charge in [-0.2, -0.15) is 0 Å². The van der Waals surface area contributed by atoms with Gasteiger partial charge in [0.25, 0.3) is 0 Å². The van der Waals surface area contributed by atoms with E-state index in [0.717, 1.165) is 28.8 Å². The van der Waals surface area contributed by atoms with Gasteiger partial charge in [0, 0.05) is 12.8 Å². The van der Waals surface area contributed by atoms with Crippen molar-refractivity contribution in [1.29, 1.82) is 0 Å². The van der Waals surface area contributed by atoms with Crippen LogP contribution in [0.3, 0.4) is 0 Å². The second-order valence-electron chi connectivity index (χ2n) is 3.56. The van der Waals surface area contributed by atoms with Gasteiger partial charge in [0.2, 0.25) is 0 Å². The van der Waals surface area contributed by atoms with Crippen LogP contribution in [0, 0.1) is 0 Å². The van der Waals surface area contributed by atoms with Gasteiger partial charge in [-0.05, 0) is 39.5 Å². The van der Waals surface area contributed by atoms with E-state index in [1.807, 2.05) is 12.1 Å². The molecular weight excluding hydrogens is 260 g/mol. The number of carboxylic acids is 1. The van der Waals surface area contributed by atoms with Crippen molar-refractivity contribution in [1.82, 2.24) is 0 Å². The molecule has 2 rings (SSSR count). The lowest BCUT2D eigenvalue weighted by Gasteiger charge is -2.05. The van der Waals surface area contributed by atoms with Crippen LogP contribution in [0.1, 0.15) is 17.5 Å². The molecule has 0 saturated heterocycles. The summed E-state index contributed by atoms with van der Waals surface area (Å²) in [7, 11) is 0. The number of hydrogen-bond acceptors (Lipinski definition) is 2. The van der Waals surface area contributed by atoms with Crippen molar-refractivity contribution in [3.05, 3.63) is 27.7 Å². The fourth-order valence-electron chi connectivity index (χ4n) is 1.72. The van der Waals surface area contributed by atoms with Crippen LogP contribution in [0.15, 0.2) is 16.6 Å². The average molecular weight is 271 g/mol. The maximum atomic E-state index is 10.5. The molecule has 3 nitrogen and oxygen atoms in total. The summed E-state index contributed by atoms with van der Waals surface area (Å²) in [5, 5.41) is 8.60. The largest absolute Gasteiger partial charge is 0.492 e. The Morgan fingerprint density at radius 3 is 3.07 bits per heavy atom. The van der Waals surface area contributed by atoms with E-state index >= 15 is 0 Å². The first-order valence-electron chi connectivity index (χ1n) is 4.82. The van der Waals surface area contributed by atoms with Crippen molar-refractivity contribution in [3.63, 3.8) is 0 Å². The topological polar surface area (TPSA) is 46.5 Å². The third-order valence-corrected chi connectivity index (χ3v) is 3.01. The Kier molecular flexibility index (Phi) is 2.95. The van der Waals surface area contributed by atoms with Crippen molar-refractivity contribution in [2.24, 2.45) is 0 Å². The number of halogens is 1. The number of benzene rings is 1. The van der Waals surface area contributed by atoms with E-state index in [4.69, 9.17) is 9.84 Å². The molecule has 1 aliphatic heterocycles. The van der Waals surface area contributed by atoms with Crippen molar-refractivity contribution >= 4 is 21.9 Å². The smallest absolute Gasteiger partial charge is 0.303 e. The van der Waals surface area contributed by atoms with E-state index in [1.54, 1.807) is 0 Å². The predicted octanol–water partition coefficient (Wildman–Crippen LogP) is 2.40. The Labute approximate surface area is 96.2 Å². The predicted molar refractivity (Wildman–Crippen MR) is 59.3 cm³/mol. The lowest BCUT2D eigenvalue weighted by atomic mass is 10.0. The van der Waals surface area contributed by atoms with E-state index in [2.05, 4.69) is 15.9 Å². The highest BCUT2D eigenvalue weighted by Gasteiger charge is 2.16. The van der Waals surface area contributed by atoms with Gasteiger partial charge in [-0.25, -0.2) is 0 Å². The van der Waals surface area contributed by atoms with Gasteiger partial charge >= 0.3 is 5.97 Å². The van der Waals surface area contributed by atoms with Crippen LogP contribution in [0.25, 0.3) is 0 Å². The third kappa shape index (κ3) is 2.31. The Hall–Kier alpha value is -1.03. The standard InChI is InChI=1S/C11H11BrO3/c12-9-6-7(1-2-10(13)14)5-8-3-4-15-11(8)9/h5-6H,1-4H2,(H,13,14). The lowest BCUT2D eigenvalue weighted by molar-refractivity contribution is -0.136. The van der Waals surface area contributed by atoms with Gasteiger partial charge in [-0.1, -0.05) is 6.07 Å². The van der Waals surface area contributed by atoms with Gasteiger partial charge in [-0.15, -0.1) is 0 Å². The van der Waals surface area contributed by atoms with Crippen LogP contribution in [0.4, 0.5) is 0 Å². The SMILES string of the molecule is O=C(O)CCc1cc(Br)c2c(c1)CCO2. The summed E-state index contributed by atoms with van der Waals surface area (Å²) in [6.45, 7) is 0.719. The van der Waals surface area contributed by atoms with E-state index in [9.17, 15) is 4.79 Å². The molecule has 80 valence electrons. The first-order chi connectivity index (χ1) is 7.16. The molecule has 0 aromatic heterocycles. The molecule has 0 aliphatic carbocycles. The van der Waals surface area contributed by atoms with E-state index in [-0.39, 0.29) is 6.42 Å². The van der Waals surface area contributed by atoms with Crippen molar-refractivity contribution in [3.8, 4) is 5.75 Å². The maximum Gasteiger partial charge on any atom is 0.303 e. The minimum atomic E-state index is -0.761. The Bertz CT molecular complexity index is 401. The average Bonchev–Trinajstić information content (AvgIpc) is 2.63. The molecule has 15 heavy (non-hydrogen) atoms. The molecule has 0 fully saturated rings. The molecule has 1 aromatic carbocycles. The zero-order chi connectivity index (χ0) is 10.8. The van der Waals surface area contributed by atoms with Crippen LogP contribution in [0.2, 0.25) is 0 Å². The number of aliphatic carboxylic acids is 1. The number of carbonyl (C=O) groups is 1. The van der Waals surface area contributed by atoms with E-state index < -0.39 is 5.97 Å². The third-order valence-electron chi connectivity index (χ3n) is 2.43. The Morgan fingerprint density at radius 1 is 1.53 bits per heavy atom. The van der Waals surface area contributed by atoms with Gasteiger partial charge in [0.1, 0.15) is 5.75 Å². The Balaban J connectivity index is 2.20. The molecule has 1 aromatic rings. The van der Waals surface area contributed by atoms with Crippen LogP contribution >= 0.6 is 15.9 Å². The normalized spacial score (nSPS) is 13.4. The van der Waals surface area contributed by atoms with E-state index in [1.165, 1.54) is 5.56 Å². The molecule has 0 radical (unpaired) electrons. The molecule has 0 saturated carbocycles. The zero-order valence-corrected chi connectivity index (χ0v) is 9.71. The zero-order valence-electron chi connectivity index (χ0n) is 8.12. The van der Waals surface area contributed by atoms with Crippen LogP contribution in [0.5, 0.6) is 5.75 Å². The van der Waals surface area contributed by atoms with Crippen molar-refractivity contribution < 1.29 is 14.6 Å². The monoisotopic (exact) mass is 270 g/mol. The first-order valence-corrected chi connectivity index (χ1v) is 5.62. The number of carboxylic acid groups (broad SMARTS) is 1. The fourth-order valence-corrected chi connectivity index (χ4v) is 2.38. The molecule has 4 heteroatoms. The highest BCUT2D eigenvalue weighted by Crippen LogP contribution is 2.35. The summed E-state index contributed by atoms with van der Waals surface area (Å²) < 4.78 is 6.38. The lowest BCUT2D eigenvalue weighted by Crippen LogP contribution is -1.98. The molecule has 0 spiro atoms. The first kappa shape index (κ1) is 10.5. The van der Waals surface area contributed by atoms with Gasteiger partial charge in [-0.3, -0.25) is 4.79 Å². The molecule has 0 amide bonds. The molecule has 1 N–H and O–H groups in total. The summed E-state index contributed by atoms with van der Waals surface area (Å²) in [5.74, 6) is 0.150. The summed E-state index contributed by atoms with van der Waals surface area (Å²) in [5.41, 5.74) is 2.22. The minimum absolute atomic E-state index is 0.173. The minimum Gasteiger partial charge on any atom is -0.492 e. The molecule has 0 atom stereocenters. The summed E-state index contributed by atoms with van der Waals surface area (Å²) >= 11 is 3.43. The van der Waals surface area contributed by atoms with Crippen molar-refractivity contribution in [2.45, 2.75) is 19.3 Å². The van der Waals surface area contributed by atoms with Crippen molar-refractivity contribution in [2.75, 3.05) is 6.61 Å². The number of ether oxygens (including phenoxy) is 1. The van der Waals surface area contributed by atoms with Crippen LogP contribution in [-0.4, -0.2) is 17.7 Å². The number of rotatable bonds is 3. The quantitative estimate of drug-likeness (QED) is 0.918. The molecule has 1 aliphatic rings.